The number of benzene rings is 2. The molecule has 0 bridgehead atoms. The molecular weight excluding hydrogens is 342 g/mol. The summed E-state index contributed by atoms with van der Waals surface area (Å²) in [6, 6.07) is 13.6. The number of rotatable bonds is 8. The van der Waals surface area contributed by atoms with Crippen molar-refractivity contribution in [3.8, 4) is 11.5 Å². The maximum Gasteiger partial charge on any atom is 0.263 e. The fraction of sp³-hybridized carbons (Fsp3) is 0.235. The lowest BCUT2D eigenvalue weighted by molar-refractivity contribution is 0.269. The van der Waals surface area contributed by atoms with Crippen LogP contribution in [0.5, 0.6) is 11.5 Å². The lowest BCUT2D eigenvalue weighted by Crippen LogP contribution is -2.04. The van der Waals surface area contributed by atoms with Crippen LogP contribution in [0.2, 0.25) is 5.02 Å². The van der Waals surface area contributed by atoms with Crippen LogP contribution in [-0.2, 0) is 13.2 Å². The molecule has 2 aromatic carbocycles. The highest BCUT2D eigenvalue weighted by atomic mass is 35.5. The largest absolute Gasteiger partial charge is 0.490 e. The fourth-order valence-corrected chi connectivity index (χ4v) is 2.56. The van der Waals surface area contributed by atoms with Crippen molar-refractivity contribution in [2.45, 2.75) is 20.1 Å². The van der Waals surface area contributed by atoms with E-state index in [1.165, 1.54) is 0 Å². The summed E-state index contributed by atoms with van der Waals surface area (Å²) in [5.41, 5.74) is 1.98. The average molecular weight is 360 g/mol. The fourth-order valence-electron chi connectivity index (χ4n) is 2.27. The Kier molecular flexibility index (Phi) is 5.69. The van der Waals surface area contributed by atoms with Crippen molar-refractivity contribution in [3.63, 3.8) is 0 Å². The predicted molar refractivity (Wildman–Crippen MR) is 94.9 cm³/mol. The third-order valence-electron chi connectivity index (χ3n) is 3.39. The summed E-state index contributed by atoms with van der Waals surface area (Å²) in [4.78, 5) is 0. The molecule has 25 heavy (non-hydrogen) atoms. The molecule has 0 atom stereocenters. The number of aromatic nitrogens is 4. The molecule has 0 aliphatic rings. The average Bonchev–Trinajstić information content (AvgIpc) is 3.14. The highest BCUT2D eigenvalue weighted by Gasteiger charge is 2.13. The van der Waals surface area contributed by atoms with Crippen LogP contribution in [0.15, 0.2) is 42.5 Å². The Hall–Kier alpha value is -2.80. The molecule has 8 heteroatoms. The molecule has 0 spiro atoms. The summed E-state index contributed by atoms with van der Waals surface area (Å²) < 4.78 is 11.6. The molecule has 0 fully saturated rings. The van der Waals surface area contributed by atoms with E-state index >= 15 is 0 Å². The third-order valence-corrected chi connectivity index (χ3v) is 3.67. The van der Waals surface area contributed by atoms with Gasteiger partial charge in [0, 0.05) is 6.54 Å². The van der Waals surface area contributed by atoms with Gasteiger partial charge in [-0.05, 0) is 35.4 Å². The summed E-state index contributed by atoms with van der Waals surface area (Å²) in [5.74, 6) is 1.56. The molecule has 0 aliphatic carbocycles. The molecule has 7 nitrogen and oxygen atoms in total. The smallest absolute Gasteiger partial charge is 0.263 e. The second kappa shape index (κ2) is 8.34. The first-order valence-corrected chi connectivity index (χ1v) is 8.23. The van der Waals surface area contributed by atoms with Gasteiger partial charge in [-0.1, -0.05) is 47.0 Å². The van der Waals surface area contributed by atoms with Crippen LogP contribution in [-0.4, -0.2) is 27.2 Å². The Morgan fingerprint density at radius 1 is 1.12 bits per heavy atom. The number of aromatic amines is 1. The van der Waals surface area contributed by atoms with Gasteiger partial charge >= 0.3 is 0 Å². The predicted octanol–water partition coefficient (Wildman–Crippen LogP) is 3.44. The standard InChI is InChI=1S/C17H18ClN5O2/c1-2-24-15-9-13(10-19-17-20-22-23-21-17)8-14(18)16(15)25-11-12-6-4-3-5-7-12/h3-9H,2,10-11H2,1H3,(H2,19,20,21,22,23). The second-order valence-electron chi connectivity index (χ2n) is 5.20. The molecule has 3 aromatic rings. The van der Waals surface area contributed by atoms with Crippen LogP contribution in [0.4, 0.5) is 5.95 Å². The van der Waals surface area contributed by atoms with Gasteiger partial charge in [0.05, 0.1) is 11.6 Å². The van der Waals surface area contributed by atoms with E-state index in [0.29, 0.717) is 42.2 Å². The topological polar surface area (TPSA) is 85.0 Å². The Bertz CT molecular complexity index is 796. The SMILES string of the molecule is CCOc1cc(CNc2nn[nH]n2)cc(Cl)c1OCc1ccccc1. The number of nitrogens with zero attached hydrogens (tertiary/aromatic N) is 3. The van der Waals surface area contributed by atoms with Crippen molar-refractivity contribution in [2.75, 3.05) is 11.9 Å². The molecule has 0 amide bonds. The normalized spacial score (nSPS) is 10.5. The van der Waals surface area contributed by atoms with Gasteiger partial charge in [0.25, 0.3) is 5.95 Å². The van der Waals surface area contributed by atoms with E-state index in [1.54, 1.807) is 0 Å². The zero-order valence-electron chi connectivity index (χ0n) is 13.7. The van der Waals surface area contributed by atoms with Crippen LogP contribution >= 0.6 is 11.6 Å². The zero-order chi connectivity index (χ0) is 17.5. The van der Waals surface area contributed by atoms with E-state index < -0.39 is 0 Å². The number of nitrogens with one attached hydrogen (secondary N) is 2. The number of hydrogen-bond acceptors (Lipinski definition) is 6. The first kappa shape index (κ1) is 17.0. The Labute approximate surface area is 150 Å². The minimum atomic E-state index is 0.415. The number of halogens is 1. The highest BCUT2D eigenvalue weighted by Crippen LogP contribution is 2.37. The van der Waals surface area contributed by atoms with E-state index in [-0.39, 0.29) is 0 Å². The van der Waals surface area contributed by atoms with Crippen molar-refractivity contribution in [1.82, 2.24) is 20.6 Å². The molecule has 130 valence electrons. The van der Waals surface area contributed by atoms with Gasteiger partial charge in [-0.15, -0.1) is 5.10 Å². The first-order valence-electron chi connectivity index (χ1n) is 7.85. The van der Waals surface area contributed by atoms with Crippen molar-refractivity contribution in [3.05, 3.63) is 58.6 Å². The molecule has 0 unspecified atom stereocenters. The summed E-state index contributed by atoms with van der Waals surface area (Å²) in [6.07, 6.45) is 0. The van der Waals surface area contributed by atoms with Crippen molar-refractivity contribution in [2.24, 2.45) is 0 Å². The minimum Gasteiger partial charge on any atom is -0.490 e. The van der Waals surface area contributed by atoms with Gasteiger partial charge in [-0.3, -0.25) is 0 Å². The van der Waals surface area contributed by atoms with E-state index in [2.05, 4.69) is 25.9 Å². The lowest BCUT2D eigenvalue weighted by Gasteiger charge is -2.15. The lowest BCUT2D eigenvalue weighted by atomic mass is 10.2. The maximum atomic E-state index is 6.41. The molecule has 0 aliphatic heterocycles. The maximum absolute atomic E-state index is 6.41. The van der Waals surface area contributed by atoms with E-state index in [0.717, 1.165) is 11.1 Å². The molecule has 3 rings (SSSR count). The van der Waals surface area contributed by atoms with Crippen molar-refractivity contribution >= 4 is 17.5 Å². The monoisotopic (exact) mass is 359 g/mol. The van der Waals surface area contributed by atoms with Crippen LogP contribution in [0.3, 0.4) is 0 Å². The van der Waals surface area contributed by atoms with E-state index in [1.807, 2.05) is 49.4 Å². The summed E-state index contributed by atoms with van der Waals surface area (Å²) in [5, 5.41) is 17.1. The van der Waals surface area contributed by atoms with Crippen LogP contribution in [0, 0.1) is 0 Å². The van der Waals surface area contributed by atoms with Gasteiger partial charge in [0.2, 0.25) is 0 Å². The molecule has 2 N–H and O–H groups in total. The van der Waals surface area contributed by atoms with Gasteiger partial charge in [0.1, 0.15) is 6.61 Å². The van der Waals surface area contributed by atoms with Crippen LogP contribution in [0.1, 0.15) is 18.1 Å². The van der Waals surface area contributed by atoms with Crippen molar-refractivity contribution < 1.29 is 9.47 Å². The van der Waals surface area contributed by atoms with Gasteiger partial charge in [0.15, 0.2) is 11.5 Å². The first-order chi connectivity index (χ1) is 12.3. The molecule has 0 radical (unpaired) electrons. The van der Waals surface area contributed by atoms with Crippen molar-refractivity contribution in [1.29, 1.82) is 0 Å². The molecule has 1 aromatic heterocycles. The van der Waals surface area contributed by atoms with Gasteiger partial charge < -0.3 is 14.8 Å². The summed E-state index contributed by atoms with van der Waals surface area (Å²) >= 11 is 6.41. The van der Waals surface area contributed by atoms with E-state index in [4.69, 9.17) is 21.1 Å². The molecular formula is C17H18ClN5O2. The number of tetrazole rings is 1. The number of ether oxygens (including phenoxy) is 2. The summed E-state index contributed by atoms with van der Waals surface area (Å²) in [7, 11) is 0. The molecule has 1 heterocycles. The third kappa shape index (κ3) is 4.60. The summed E-state index contributed by atoms with van der Waals surface area (Å²) in [6.45, 7) is 3.33. The molecule has 0 saturated carbocycles. The Morgan fingerprint density at radius 3 is 2.68 bits per heavy atom. The Balaban J connectivity index is 1.74. The van der Waals surface area contributed by atoms with Gasteiger partial charge in [-0.2, -0.15) is 5.21 Å². The second-order valence-corrected chi connectivity index (χ2v) is 5.61. The highest BCUT2D eigenvalue weighted by molar-refractivity contribution is 6.32. The van der Waals surface area contributed by atoms with Gasteiger partial charge in [-0.25, -0.2) is 0 Å². The number of anilines is 1. The van der Waals surface area contributed by atoms with Crippen LogP contribution < -0.4 is 14.8 Å². The number of H-pyrrole nitrogens is 1. The van der Waals surface area contributed by atoms with E-state index in [9.17, 15) is 0 Å². The number of hydrogen-bond donors (Lipinski definition) is 2. The zero-order valence-corrected chi connectivity index (χ0v) is 14.5. The molecule has 0 saturated heterocycles. The van der Waals surface area contributed by atoms with Crippen LogP contribution in [0.25, 0.3) is 0 Å². The minimum absolute atomic E-state index is 0.415. The Morgan fingerprint density at radius 2 is 1.96 bits per heavy atom. The quantitative estimate of drug-likeness (QED) is 0.640.